The number of nitrogens with zero attached hydrogens (tertiary/aromatic N) is 3. The van der Waals surface area contributed by atoms with Crippen LogP contribution in [0.15, 0.2) is 39.5 Å². The summed E-state index contributed by atoms with van der Waals surface area (Å²) in [6.07, 6.45) is 0. The maximum atomic E-state index is 12.8. The summed E-state index contributed by atoms with van der Waals surface area (Å²) in [6.45, 7) is 6.39. The molecule has 1 aromatic heterocycles. The minimum atomic E-state index is -0.0190. The molecule has 0 aliphatic carbocycles. The second kappa shape index (κ2) is 6.78. The third-order valence-electron chi connectivity index (χ3n) is 3.64. The number of nitrogen functional groups attached to an aromatic ring is 1. The third-order valence-corrected chi connectivity index (χ3v) is 5.67. The van der Waals surface area contributed by atoms with Crippen molar-refractivity contribution in [1.29, 1.82) is 0 Å². The Labute approximate surface area is 149 Å². The average Bonchev–Trinajstić information content (AvgIpc) is 3.10. The van der Waals surface area contributed by atoms with Crippen LogP contribution in [-0.4, -0.2) is 27.5 Å². The number of carbonyl (C=O) groups is 1. The van der Waals surface area contributed by atoms with Crippen LogP contribution in [-0.2, 0) is 4.79 Å². The summed E-state index contributed by atoms with van der Waals surface area (Å²) in [5.74, 6) is -0.0190. The number of thioether (sulfide) groups is 1. The SMILES string of the molecule is CCN1C(=O)/C(=C(\C)c2cccc(N)c2)S/C1=N/c1nc(C)cs1. The van der Waals surface area contributed by atoms with Gasteiger partial charge >= 0.3 is 0 Å². The predicted octanol–water partition coefficient (Wildman–Crippen LogP) is 4.05. The van der Waals surface area contributed by atoms with Crippen LogP contribution in [0.1, 0.15) is 25.1 Å². The van der Waals surface area contributed by atoms with Gasteiger partial charge in [-0.2, -0.15) is 4.99 Å². The monoisotopic (exact) mass is 358 g/mol. The van der Waals surface area contributed by atoms with E-state index in [1.54, 1.807) is 4.90 Å². The van der Waals surface area contributed by atoms with E-state index in [-0.39, 0.29) is 5.91 Å². The molecule has 2 heterocycles. The zero-order valence-electron chi connectivity index (χ0n) is 13.7. The lowest BCUT2D eigenvalue weighted by Crippen LogP contribution is -2.28. The molecule has 1 aromatic carbocycles. The van der Waals surface area contributed by atoms with Gasteiger partial charge in [-0.25, -0.2) is 4.98 Å². The molecule has 0 unspecified atom stereocenters. The molecular formula is C17H18N4OS2. The second-order valence-corrected chi connectivity index (χ2v) is 7.21. The van der Waals surface area contributed by atoms with E-state index in [2.05, 4.69) is 9.98 Å². The van der Waals surface area contributed by atoms with Gasteiger partial charge < -0.3 is 5.73 Å². The van der Waals surface area contributed by atoms with Crippen molar-refractivity contribution in [1.82, 2.24) is 9.88 Å². The van der Waals surface area contributed by atoms with Gasteiger partial charge in [0.1, 0.15) is 0 Å². The van der Waals surface area contributed by atoms with Crippen LogP contribution in [0.25, 0.3) is 5.57 Å². The summed E-state index contributed by atoms with van der Waals surface area (Å²) < 4.78 is 0. The number of carbonyl (C=O) groups excluding carboxylic acids is 1. The topological polar surface area (TPSA) is 71.6 Å². The first-order chi connectivity index (χ1) is 11.5. The van der Waals surface area contributed by atoms with Crippen molar-refractivity contribution < 1.29 is 4.79 Å². The van der Waals surface area contributed by atoms with E-state index in [1.807, 2.05) is 50.4 Å². The van der Waals surface area contributed by atoms with Gasteiger partial charge in [-0.05, 0) is 55.8 Å². The van der Waals surface area contributed by atoms with Crippen LogP contribution in [0, 0.1) is 6.92 Å². The molecule has 0 bridgehead atoms. The number of aliphatic imine (C=N–C) groups is 1. The molecule has 1 saturated heterocycles. The number of aryl methyl sites for hydroxylation is 1. The summed E-state index contributed by atoms with van der Waals surface area (Å²) in [4.78, 5) is 24.1. The molecule has 1 fully saturated rings. The number of thiazole rings is 1. The number of hydrogen-bond donors (Lipinski definition) is 1. The largest absolute Gasteiger partial charge is 0.399 e. The number of nitrogens with two attached hydrogens (primary N) is 1. The molecular weight excluding hydrogens is 340 g/mol. The molecule has 124 valence electrons. The van der Waals surface area contributed by atoms with E-state index < -0.39 is 0 Å². The van der Waals surface area contributed by atoms with Crippen molar-refractivity contribution in [3.63, 3.8) is 0 Å². The normalized spacial score (nSPS) is 18.5. The van der Waals surface area contributed by atoms with Crippen LogP contribution in [0.2, 0.25) is 0 Å². The smallest absolute Gasteiger partial charge is 0.267 e. The first kappa shape index (κ1) is 16.7. The first-order valence-electron chi connectivity index (χ1n) is 7.57. The predicted molar refractivity (Wildman–Crippen MR) is 102 cm³/mol. The van der Waals surface area contributed by atoms with Crippen molar-refractivity contribution in [2.24, 2.45) is 4.99 Å². The Morgan fingerprint density at radius 3 is 2.83 bits per heavy atom. The van der Waals surface area contributed by atoms with Gasteiger partial charge in [0.2, 0.25) is 5.13 Å². The fraction of sp³-hybridized carbons (Fsp3) is 0.235. The molecule has 7 heteroatoms. The van der Waals surface area contributed by atoms with Crippen molar-refractivity contribution in [2.75, 3.05) is 12.3 Å². The molecule has 2 N–H and O–H groups in total. The van der Waals surface area contributed by atoms with Crippen molar-refractivity contribution in [3.05, 3.63) is 45.8 Å². The maximum Gasteiger partial charge on any atom is 0.267 e. The fourth-order valence-electron chi connectivity index (χ4n) is 2.38. The number of amides is 1. The van der Waals surface area contributed by atoms with E-state index in [0.29, 0.717) is 27.4 Å². The lowest BCUT2D eigenvalue weighted by atomic mass is 10.1. The summed E-state index contributed by atoms with van der Waals surface area (Å²) in [5, 5.41) is 3.30. The molecule has 24 heavy (non-hydrogen) atoms. The highest BCUT2D eigenvalue weighted by Crippen LogP contribution is 2.38. The third kappa shape index (κ3) is 3.22. The number of allylic oxidation sites excluding steroid dienone is 1. The molecule has 2 aromatic rings. The highest BCUT2D eigenvalue weighted by molar-refractivity contribution is 8.18. The Hall–Kier alpha value is -2.12. The fourth-order valence-corrected chi connectivity index (χ4v) is 4.20. The number of aromatic nitrogens is 1. The average molecular weight is 358 g/mol. The molecule has 1 aliphatic heterocycles. The summed E-state index contributed by atoms with van der Waals surface area (Å²) in [5.41, 5.74) is 9.34. The van der Waals surface area contributed by atoms with E-state index >= 15 is 0 Å². The Morgan fingerprint density at radius 2 is 2.21 bits per heavy atom. The van der Waals surface area contributed by atoms with Crippen LogP contribution in [0.4, 0.5) is 10.8 Å². The number of likely N-dealkylation sites (N-methyl/N-ethyl adjacent to an activating group) is 1. The van der Waals surface area contributed by atoms with E-state index in [0.717, 1.165) is 16.8 Å². The van der Waals surface area contributed by atoms with E-state index in [4.69, 9.17) is 5.73 Å². The Bertz CT molecular complexity index is 854. The van der Waals surface area contributed by atoms with Gasteiger partial charge in [-0.1, -0.05) is 12.1 Å². The molecule has 0 spiro atoms. The van der Waals surface area contributed by atoms with Gasteiger partial charge in [0.25, 0.3) is 5.91 Å². The minimum absolute atomic E-state index is 0.0190. The van der Waals surface area contributed by atoms with Crippen LogP contribution in [0.3, 0.4) is 0 Å². The number of hydrogen-bond acceptors (Lipinski definition) is 6. The maximum absolute atomic E-state index is 12.8. The summed E-state index contributed by atoms with van der Waals surface area (Å²) in [6, 6.07) is 7.57. The lowest BCUT2D eigenvalue weighted by Gasteiger charge is -2.11. The summed E-state index contributed by atoms with van der Waals surface area (Å²) in [7, 11) is 0. The number of benzene rings is 1. The standard InChI is InChI=1S/C17H18N4OS2/c1-4-21-15(22)14(11(3)12-6-5-7-13(18)8-12)24-17(21)20-16-19-10(2)9-23-16/h5-9H,4,18H2,1-3H3/b14-11-,20-17+. The number of amidine groups is 1. The van der Waals surface area contributed by atoms with Gasteiger partial charge in [-0.3, -0.25) is 9.69 Å². The van der Waals surface area contributed by atoms with Crippen molar-refractivity contribution >= 4 is 50.6 Å². The molecule has 0 saturated carbocycles. The number of anilines is 1. The molecule has 0 atom stereocenters. The zero-order valence-corrected chi connectivity index (χ0v) is 15.4. The molecule has 3 rings (SSSR count). The number of rotatable bonds is 3. The van der Waals surface area contributed by atoms with Crippen LogP contribution < -0.4 is 5.73 Å². The van der Waals surface area contributed by atoms with Gasteiger partial charge in [0.15, 0.2) is 5.17 Å². The zero-order chi connectivity index (χ0) is 17.3. The van der Waals surface area contributed by atoms with E-state index in [1.165, 1.54) is 23.1 Å². The highest BCUT2D eigenvalue weighted by Gasteiger charge is 2.34. The molecule has 1 aliphatic rings. The second-order valence-electron chi connectivity index (χ2n) is 5.40. The molecule has 0 radical (unpaired) electrons. The first-order valence-corrected chi connectivity index (χ1v) is 9.26. The highest BCUT2D eigenvalue weighted by atomic mass is 32.2. The molecule has 5 nitrogen and oxygen atoms in total. The van der Waals surface area contributed by atoms with Crippen LogP contribution in [0.5, 0.6) is 0 Å². The van der Waals surface area contributed by atoms with E-state index in [9.17, 15) is 4.79 Å². The van der Waals surface area contributed by atoms with Crippen molar-refractivity contribution in [3.8, 4) is 0 Å². The minimum Gasteiger partial charge on any atom is -0.399 e. The van der Waals surface area contributed by atoms with Crippen LogP contribution >= 0.6 is 23.1 Å². The Morgan fingerprint density at radius 1 is 1.42 bits per heavy atom. The quantitative estimate of drug-likeness (QED) is 0.664. The molecule has 1 amide bonds. The lowest BCUT2D eigenvalue weighted by molar-refractivity contribution is -0.122. The van der Waals surface area contributed by atoms with Gasteiger partial charge in [0, 0.05) is 17.6 Å². The Kier molecular flexibility index (Phi) is 4.73. The Balaban J connectivity index is 2.00. The van der Waals surface area contributed by atoms with Gasteiger partial charge in [0.05, 0.1) is 10.6 Å². The summed E-state index contributed by atoms with van der Waals surface area (Å²) >= 11 is 2.87. The van der Waals surface area contributed by atoms with Gasteiger partial charge in [-0.15, -0.1) is 11.3 Å². The van der Waals surface area contributed by atoms with Crippen molar-refractivity contribution in [2.45, 2.75) is 20.8 Å².